The quantitative estimate of drug-likeness (QED) is 0.795. The summed E-state index contributed by atoms with van der Waals surface area (Å²) >= 11 is 6.12. The summed E-state index contributed by atoms with van der Waals surface area (Å²) in [7, 11) is -0.656. The summed E-state index contributed by atoms with van der Waals surface area (Å²) < 4.78 is 25.6. The van der Waals surface area contributed by atoms with E-state index in [9.17, 15) is 13.2 Å². The van der Waals surface area contributed by atoms with E-state index >= 15 is 0 Å². The molecule has 0 bridgehead atoms. The molecule has 1 heterocycles. The lowest BCUT2D eigenvalue weighted by molar-refractivity contribution is -0.116. The molecule has 0 saturated carbocycles. The number of carbonyl (C=O) groups is 1. The zero-order valence-corrected chi connectivity index (χ0v) is 17.4. The largest absolute Gasteiger partial charge is 0.325 e. The Labute approximate surface area is 161 Å². The maximum atomic E-state index is 12.3. The van der Waals surface area contributed by atoms with E-state index in [0.29, 0.717) is 35.5 Å². The van der Waals surface area contributed by atoms with E-state index in [0.717, 1.165) is 17.4 Å². The molecule has 1 aromatic rings. The summed E-state index contributed by atoms with van der Waals surface area (Å²) in [5.41, 5.74) is 0.319. The molecule has 1 fully saturated rings. The Morgan fingerprint density at radius 1 is 1.27 bits per heavy atom. The molecule has 1 N–H and O–H groups in total. The molecular weight excluding hydrogens is 374 g/mol. The van der Waals surface area contributed by atoms with E-state index in [1.54, 1.807) is 0 Å². The number of likely N-dealkylation sites (tertiary alicyclic amines) is 1. The van der Waals surface area contributed by atoms with Crippen LogP contribution in [0.2, 0.25) is 5.02 Å². The number of anilines is 1. The number of amides is 1. The van der Waals surface area contributed by atoms with E-state index in [2.05, 4.69) is 24.1 Å². The highest BCUT2D eigenvalue weighted by atomic mass is 35.5. The number of benzene rings is 1. The van der Waals surface area contributed by atoms with Crippen molar-refractivity contribution in [3.05, 3.63) is 23.2 Å². The Kier molecular flexibility index (Phi) is 7.07. The second-order valence-electron chi connectivity index (χ2n) is 7.43. The standard InChI is InChI=1S/C18H28ClN3O3S/c1-13-9-14(2)12-22(11-13)8-7-18(23)20-17-10-15(5-6-16(17)19)26(24,25)21(3)4/h5-6,10,13-14H,7-9,11-12H2,1-4H3,(H,20,23). The van der Waals surface area contributed by atoms with Crippen LogP contribution in [0.3, 0.4) is 0 Å². The van der Waals surface area contributed by atoms with Crippen molar-refractivity contribution >= 4 is 33.2 Å². The number of carbonyl (C=O) groups excluding carboxylic acids is 1. The Morgan fingerprint density at radius 2 is 1.88 bits per heavy atom. The highest BCUT2D eigenvalue weighted by Crippen LogP contribution is 2.27. The number of piperidine rings is 1. The van der Waals surface area contributed by atoms with Crippen LogP contribution < -0.4 is 5.32 Å². The van der Waals surface area contributed by atoms with Crippen LogP contribution in [-0.2, 0) is 14.8 Å². The van der Waals surface area contributed by atoms with E-state index in [1.165, 1.54) is 38.7 Å². The third-order valence-corrected chi connectivity index (χ3v) is 6.73. The molecule has 1 aliphatic heterocycles. The van der Waals surface area contributed by atoms with Gasteiger partial charge in [-0.2, -0.15) is 0 Å². The molecule has 0 spiro atoms. The summed E-state index contributed by atoms with van der Waals surface area (Å²) in [6.45, 7) is 7.18. The monoisotopic (exact) mass is 401 g/mol. The van der Waals surface area contributed by atoms with Crippen molar-refractivity contribution in [2.45, 2.75) is 31.6 Å². The first-order chi connectivity index (χ1) is 12.1. The van der Waals surface area contributed by atoms with Crippen molar-refractivity contribution in [2.24, 2.45) is 11.8 Å². The van der Waals surface area contributed by atoms with Gasteiger partial charge in [-0.25, -0.2) is 12.7 Å². The van der Waals surface area contributed by atoms with Gasteiger partial charge >= 0.3 is 0 Å². The zero-order chi connectivity index (χ0) is 19.5. The topological polar surface area (TPSA) is 69.7 Å². The molecule has 2 atom stereocenters. The number of hydrogen-bond acceptors (Lipinski definition) is 4. The average Bonchev–Trinajstić information content (AvgIpc) is 2.54. The summed E-state index contributed by atoms with van der Waals surface area (Å²) in [4.78, 5) is 14.7. The minimum atomic E-state index is -3.58. The van der Waals surface area contributed by atoms with Crippen LogP contribution in [-0.4, -0.2) is 57.3 Å². The molecule has 1 amide bonds. The average molecular weight is 402 g/mol. The van der Waals surface area contributed by atoms with Gasteiger partial charge < -0.3 is 10.2 Å². The molecule has 1 aromatic carbocycles. The lowest BCUT2D eigenvalue weighted by Crippen LogP contribution is -2.40. The van der Waals surface area contributed by atoms with Crippen molar-refractivity contribution in [1.29, 1.82) is 0 Å². The third kappa shape index (κ3) is 5.42. The van der Waals surface area contributed by atoms with Crippen LogP contribution in [0.1, 0.15) is 26.7 Å². The second kappa shape index (κ2) is 8.69. The van der Waals surface area contributed by atoms with Gasteiger partial charge in [0.1, 0.15) is 0 Å². The first-order valence-electron chi connectivity index (χ1n) is 8.84. The second-order valence-corrected chi connectivity index (χ2v) is 9.99. The van der Waals surface area contributed by atoms with Gasteiger partial charge in [-0.3, -0.25) is 4.79 Å². The Hall–Kier alpha value is -1.15. The van der Waals surface area contributed by atoms with E-state index in [1.807, 2.05) is 0 Å². The van der Waals surface area contributed by atoms with Gasteiger partial charge in [-0.1, -0.05) is 25.4 Å². The Balaban J connectivity index is 2.00. The molecule has 6 nitrogen and oxygen atoms in total. The minimum absolute atomic E-state index is 0.0980. The highest BCUT2D eigenvalue weighted by molar-refractivity contribution is 7.89. The molecule has 0 radical (unpaired) electrons. The van der Waals surface area contributed by atoms with Crippen molar-refractivity contribution in [3.63, 3.8) is 0 Å². The van der Waals surface area contributed by atoms with Gasteiger partial charge in [0.2, 0.25) is 15.9 Å². The van der Waals surface area contributed by atoms with Crippen molar-refractivity contribution < 1.29 is 13.2 Å². The molecule has 8 heteroatoms. The number of halogens is 1. The third-order valence-electron chi connectivity index (χ3n) is 4.59. The first kappa shape index (κ1) is 21.2. The fourth-order valence-electron chi connectivity index (χ4n) is 3.42. The van der Waals surface area contributed by atoms with E-state index in [4.69, 9.17) is 11.6 Å². The first-order valence-corrected chi connectivity index (χ1v) is 10.7. The summed E-state index contributed by atoms with van der Waals surface area (Å²) in [5, 5.41) is 3.06. The van der Waals surface area contributed by atoms with Crippen LogP contribution in [0.25, 0.3) is 0 Å². The van der Waals surface area contributed by atoms with Crippen molar-refractivity contribution in [2.75, 3.05) is 39.0 Å². The lowest BCUT2D eigenvalue weighted by atomic mass is 9.92. The zero-order valence-electron chi connectivity index (χ0n) is 15.8. The molecule has 1 aliphatic rings. The summed E-state index contributed by atoms with van der Waals surface area (Å²) in [5.74, 6) is 1.12. The Bertz CT molecular complexity index is 742. The van der Waals surface area contributed by atoms with Crippen molar-refractivity contribution in [1.82, 2.24) is 9.21 Å². The lowest BCUT2D eigenvalue weighted by Gasteiger charge is -2.34. The molecule has 2 unspecified atom stereocenters. The molecule has 0 aromatic heterocycles. The fraction of sp³-hybridized carbons (Fsp3) is 0.611. The van der Waals surface area contributed by atoms with Crippen LogP contribution in [0.4, 0.5) is 5.69 Å². The SMILES string of the molecule is CC1CC(C)CN(CCC(=O)Nc2cc(S(=O)(=O)N(C)C)ccc2Cl)C1. The van der Waals surface area contributed by atoms with Gasteiger partial charge in [-0.15, -0.1) is 0 Å². The van der Waals surface area contributed by atoms with E-state index < -0.39 is 10.0 Å². The van der Waals surface area contributed by atoms with Crippen LogP contribution in [0, 0.1) is 11.8 Å². The van der Waals surface area contributed by atoms with Crippen LogP contribution in [0.5, 0.6) is 0 Å². The van der Waals surface area contributed by atoms with Crippen LogP contribution in [0.15, 0.2) is 23.1 Å². The molecular formula is C18H28ClN3O3S. The minimum Gasteiger partial charge on any atom is -0.325 e. The van der Waals surface area contributed by atoms with Gasteiger partial charge in [-0.05, 0) is 36.5 Å². The number of nitrogens with zero attached hydrogens (tertiary/aromatic N) is 2. The number of sulfonamides is 1. The number of rotatable bonds is 6. The summed E-state index contributed by atoms with van der Waals surface area (Å²) in [6.07, 6.45) is 1.58. The predicted molar refractivity (Wildman–Crippen MR) is 105 cm³/mol. The molecule has 146 valence electrons. The Morgan fingerprint density at radius 3 is 2.46 bits per heavy atom. The molecule has 1 saturated heterocycles. The fourth-order valence-corrected chi connectivity index (χ4v) is 4.51. The predicted octanol–water partition coefficient (Wildman–Crippen LogP) is 2.90. The highest BCUT2D eigenvalue weighted by Gasteiger charge is 2.22. The van der Waals surface area contributed by atoms with Crippen LogP contribution >= 0.6 is 11.6 Å². The number of nitrogens with one attached hydrogen (secondary N) is 1. The molecule has 26 heavy (non-hydrogen) atoms. The number of hydrogen-bond donors (Lipinski definition) is 1. The van der Waals surface area contributed by atoms with Crippen molar-refractivity contribution in [3.8, 4) is 0 Å². The smallest absolute Gasteiger partial charge is 0.242 e. The van der Waals surface area contributed by atoms with Gasteiger partial charge in [0.25, 0.3) is 0 Å². The van der Waals surface area contributed by atoms with Gasteiger partial charge in [0, 0.05) is 40.2 Å². The molecule has 2 rings (SSSR count). The van der Waals surface area contributed by atoms with Gasteiger partial charge in [0.15, 0.2) is 0 Å². The van der Waals surface area contributed by atoms with Gasteiger partial charge in [0.05, 0.1) is 15.6 Å². The van der Waals surface area contributed by atoms with E-state index in [-0.39, 0.29) is 10.8 Å². The maximum absolute atomic E-state index is 12.3. The normalized spacial score (nSPS) is 21.8. The maximum Gasteiger partial charge on any atom is 0.242 e. The summed E-state index contributed by atoms with van der Waals surface area (Å²) in [6, 6.07) is 4.33. The molecule has 0 aliphatic carbocycles.